The monoisotopic (exact) mass is 355 g/mol. The van der Waals surface area contributed by atoms with Gasteiger partial charge in [0.1, 0.15) is 0 Å². The number of likely N-dealkylation sites (N-methyl/N-ethyl adjacent to an activating group) is 1. The Labute approximate surface area is 153 Å². The van der Waals surface area contributed by atoms with Gasteiger partial charge in [-0.15, -0.1) is 12.4 Å². The number of rotatable bonds is 9. The fourth-order valence-corrected chi connectivity index (χ4v) is 3.65. The van der Waals surface area contributed by atoms with Crippen LogP contribution < -0.4 is 0 Å². The molecule has 24 heavy (non-hydrogen) atoms. The molecular weight excluding hydrogens is 322 g/mol. The summed E-state index contributed by atoms with van der Waals surface area (Å²) in [6, 6.07) is 11.0. The minimum absolute atomic E-state index is 0. The number of halogens is 1. The number of aliphatic hydroxyl groups excluding tert-OH is 1. The molecule has 2 rings (SSSR count). The molecule has 1 aliphatic carbocycles. The van der Waals surface area contributed by atoms with Crippen LogP contribution in [-0.2, 0) is 4.74 Å². The van der Waals surface area contributed by atoms with E-state index in [1.165, 1.54) is 37.7 Å². The van der Waals surface area contributed by atoms with Crippen LogP contribution >= 0.6 is 12.4 Å². The standard InChI is InChI=1S/C20H33NO2.ClH/c1-3-20(17-11-7-5-8-12-17)23-16-19(22)15-21(4-2)18-13-9-6-10-14-18;/h5,7-8,11-12,18-20,22H,3-4,6,9-10,13-16H2,1-2H3;1H. The number of nitrogens with zero attached hydrogens (tertiary/aromatic N) is 1. The number of hydrogen-bond donors (Lipinski definition) is 1. The molecule has 0 aromatic heterocycles. The zero-order valence-corrected chi connectivity index (χ0v) is 16.0. The van der Waals surface area contributed by atoms with E-state index in [1.54, 1.807) is 0 Å². The van der Waals surface area contributed by atoms with Crippen molar-refractivity contribution in [3.8, 4) is 0 Å². The lowest BCUT2D eigenvalue weighted by Crippen LogP contribution is -2.42. The zero-order chi connectivity index (χ0) is 16.5. The van der Waals surface area contributed by atoms with Crippen LogP contribution in [0.25, 0.3) is 0 Å². The molecule has 1 aromatic rings. The van der Waals surface area contributed by atoms with E-state index in [4.69, 9.17) is 4.74 Å². The highest BCUT2D eigenvalue weighted by atomic mass is 35.5. The summed E-state index contributed by atoms with van der Waals surface area (Å²) in [5, 5.41) is 10.4. The summed E-state index contributed by atoms with van der Waals surface area (Å²) in [5.74, 6) is 0. The Kier molecular flexibility index (Phi) is 10.6. The summed E-state index contributed by atoms with van der Waals surface area (Å²) < 4.78 is 6.00. The third-order valence-electron chi connectivity index (χ3n) is 4.97. The van der Waals surface area contributed by atoms with Crippen molar-refractivity contribution in [2.24, 2.45) is 0 Å². The second-order valence-electron chi connectivity index (χ2n) is 6.67. The van der Waals surface area contributed by atoms with Gasteiger partial charge in [0.15, 0.2) is 0 Å². The molecule has 0 aliphatic heterocycles. The van der Waals surface area contributed by atoms with Crippen LogP contribution in [0, 0.1) is 0 Å². The Balaban J connectivity index is 0.00000288. The predicted octanol–water partition coefficient (Wildman–Crippen LogP) is 4.59. The molecular formula is C20H34ClNO2. The van der Waals surface area contributed by atoms with Gasteiger partial charge in [-0.1, -0.05) is 63.4 Å². The van der Waals surface area contributed by atoms with E-state index in [0.717, 1.165) is 19.5 Å². The molecule has 0 bridgehead atoms. The molecule has 2 unspecified atom stereocenters. The topological polar surface area (TPSA) is 32.7 Å². The highest BCUT2D eigenvalue weighted by molar-refractivity contribution is 5.85. The van der Waals surface area contributed by atoms with Crippen LogP contribution in [0.15, 0.2) is 30.3 Å². The first-order chi connectivity index (χ1) is 11.2. The quantitative estimate of drug-likeness (QED) is 0.703. The Bertz CT molecular complexity index is 423. The van der Waals surface area contributed by atoms with Crippen molar-refractivity contribution in [3.05, 3.63) is 35.9 Å². The van der Waals surface area contributed by atoms with Crippen LogP contribution in [0.2, 0.25) is 0 Å². The Morgan fingerprint density at radius 2 is 1.79 bits per heavy atom. The van der Waals surface area contributed by atoms with Gasteiger partial charge in [-0.25, -0.2) is 0 Å². The summed E-state index contributed by atoms with van der Waals surface area (Å²) in [5.41, 5.74) is 1.20. The van der Waals surface area contributed by atoms with Crippen molar-refractivity contribution in [2.45, 2.75) is 70.6 Å². The first-order valence-corrected chi connectivity index (χ1v) is 9.33. The molecule has 0 spiro atoms. The summed E-state index contributed by atoms with van der Waals surface area (Å²) in [6.45, 7) is 6.48. The maximum absolute atomic E-state index is 10.4. The molecule has 0 radical (unpaired) electrons. The molecule has 1 fully saturated rings. The molecule has 1 aliphatic rings. The number of ether oxygens (including phenoxy) is 1. The van der Waals surface area contributed by atoms with E-state index in [1.807, 2.05) is 18.2 Å². The van der Waals surface area contributed by atoms with Crippen molar-refractivity contribution in [2.75, 3.05) is 19.7 Å². The normalized spacial score (nSPS) is 18.2. The Hall–Kier alpha value is -0.610. The predicted molar refractivity (Wildman–Crippen MR) is 103 cm³/mol. The van der Waals surface area contributed by atoms with Crippen molar-refractivity contribution in [1.29, 1.82) is 0 Å². The van der Waals surface area contributed by atoms with Crippen LogP contribution in [0.3, 0.4) is 0 Å². The van der Waals surface area contributed by atoms with E-state index < -0.39 is 6.10 Å². The van der Waals surface area contributed by atoms with Gasteiger partial charge in [0.25, 0.3) is 0 Å². The lowest BCUT2D eigenvalue weighted by atomic mass is 9.94. The van der Waals surface area contributed by atoms with Crippen molar-refractivity contribution >= 4 is 12.4 Å². The van der Waals surface area contributed by atoms with Gasteiger partial charge in [0.05, 0.1) is 18.8 Å². The highest BCUT2D eigenvalue weighted by Crippen LogP contribution is 2.23. The lowest BCUT2D eigenvalue weighted by molar-refractivity contribution is -0.0294. The third-order valence-corrected chi connectivity index (χ3v) is 4.97. The van der Waals surface area contributed by atoms with E-state index in [9.17, 15) is 5.11 Å². The van der Waals surface area contributed by atoms with Crippen LogP contribution in [-0.4, -0.2) is 41.8 Å². The fourth-order valence-electron chi connectivity index (χ4n) is 3.65. The second-order valence-corrected chi connectivity index (χ2v) is 6.67. The van der Waals surface area contributed by atoms with Gasteiger partial charge in [0.2, 0.25) is 0 Å². The van der Waals surface area contributed by atoms with Gasteiger partial charge >= 0.3 is 0 Å². The van der Waals surface area contributed by atoms with Gasteiger partial charge in [-0.2, -0.15) is 0 Å². The van der Waals surface area contributed by atoms with Gasteiger partial charge in [-0.05, 0) is 31.4 Å². The van der Waals surface area contributed by atoms with Crippen LogP contribution in [0.5, 0.6) is 0 Å². The average molecular weight is 356 g/mol. The Morgan fingerprint density at radius 1 is 1.12 bits per heavy atom. The highest BCUT2D eigenvalue weighted by Gasteiger charge is 2.22. The molecule has 0 amide bonds. The average Bonchev–Trinajstić information content (AvgIpc) is 2.62. The minimum atomic E-state index is -0.408. The minimum Gasteiger partial charge on any atom is -0.389 e. The first-order valence-electron chi connectivity index (χ1n) is 9.33. The maximum atomic E-state index is 10.4. The van der Waals surface area contributed by atoms with Crippen molar-refractivity contribution in [1.82, 2.24) is 4.90 Å². The smallest absolute Gasteiger partial charge is 0.0900 e. The molecule has 1 aromatic carbocycles. The molecule has 3 nitrogen and oxygen atoms in total. The number of hydrogen-bond acceptors (Lipinski definition) is 3. The lowest BCUT2D eigenvalue weighted by Gasteiger charge is -2.35. The van der Waals surface area contributed by atoms with Crippen LogP contribution in [0.1, 0.15) is 64.0 Å². The van der Waals surface area contributed by atoms with Crippen molar-refractivity contribution in [3.63, 3.8) is 0 Å². The molecule has 1 saturated carbocycles. The van der Waals surface area contributed by atoms with E-state index >= 15 is 0 Å². The Morgan fingerprint density at radius 3 is 2.38 bits per heavy atom. The summed E-state index contributed by atoms with van der Waals surface area (Å²) in [6.07, 6.45) is 7.20. The van der Waals surface area contributed by atoms with Gasteiger partial charge < -0.3 is 9.84 Å². The fraction of sp³-hybridized carbons (Fsp3) is 0.700. The summed E-state index contributed by atoms with van der Waals surface area (Å²) in [7, 11) is 0. The number of aliphatic hydroxyl groups is 1. The first kappa shape index (κ1) is 21.4. The van der Waals surface area contributed by atoms with Crippen molar-refractivity contribution < 1.29 is 9.84 Å². The van der Waals surface area contributed by atoms with E-state index in [-0.39, 0.29) is 18.5 Å². The van der Waals surface area contributed by atoms with Gasteiger partial charge in [0, 0.05) is 12.6 Å². The van der Waals surface area contributed by atoms with Crippen LogP contribution in [0.4, 0.5) is 0 Å². The molecule has 2 atom stereocenters. The largest absolute Gasteiger partial charge is 0.389 e. The SMILES string of the molecule is CCC(OCC(O)CN(CC)C1CCCCC1)c1ccccc1.Cl. The molecule has 0 heterocycles. The summed E-state index contributed by atoms with van der Waals surface area (Å²) in [4.78, 5) is 2.44. The second kappa shape index (κ2) is 11.9. The molecule has 138 valence electrons. The molecule has 1 N–H and O–H groups in total. The van der Waals surface area contributed by atoms with E-state index in [0.29, 0.717) is 12.6 Å². The zero-order valence-electron chi connectivity index (χ0n) is 15.2. The number of benzene rings is 1. The van der Waals surface area contributed by atoms with E-state index in [2.05, 4.69) is 30.9 Å². The third kappa shape index (κ3) is 6.72. The summed E-state index contributed by atoms with van der Waals surface area (Å²) >= 11 is 0. The molecule has 0 saturated heterocycles. The maximum Gasteiger partial charge on any atom is 0.0900 e. The van der Waals surface area contributed by atoms with Gasteiger partial charge in [-0.3, -0.25) is 4.90 Å². The molecule has 4 heteroatoms.